The Bertz CT molecular complexity index is 396. The zero-order valence-electron chi connectivity index (χ0n) is 13.8. The van der Waals surface area contributed by atoms with Gasteiger partial charge >= 0.3 is 0 Å². The van der Waals surface area contributed by atoms with Crippen LogP contribution in [-0.4, -0.2) is 12.9 Å². The molecule has 0 aromatic heterocycles. The Labute approximate surface area is 135 Å². The Morgan fingerprint density at radius 2 is 1.45 bits per heavy atom. The second-order valence-corrected chi connectivity index (χ2v) is 6.16. The number of benzene rings is 1. The smallest absolute Gasteiger partial charge is 0.199 e. The molecule has 0 aliphatic carbocycles. The second-order valence-electron chi connectivity index (χ2n) is 6.16. The molecule has 1 aliphatic heterocycles. The maximum absolute atomic E-state index is 6.03. The molecule has 2 nitrogen and oxygen atoms in total. The summed E-state index contributed by atoms with van der Waals surface area (Å²) in [7, 11) is 0. The minimum Gasteiger partial charge on any atom is -0.465 e. The molecular weight excluding hydrogens is 272 g/mol. The Balaban J connectivity index is 1.84. The summed E-state index contributed by atoms with van der Waals surface area (Å²) in [6, 6.07) is 8.06. The monoisotopic (exact) mass is 302 g/mol. The molecular formula is C20H30O2. The van der Waals surface area contributed by atoms with E-state index in [2.05, 4.69) is 6.58 Å². The van der Waals surface area contributed by atoms with Gasteiger partial charge in [-0.1, -0.05) is 69.7 Å². The lowest BCUT2D eigenvalue weighted by molar-refractivity contribution is -0.0864. The largest absolute Gasteiger partial charge is 0.465 e. The quantitative estimate of drug-likeness (QED) is 0.685. The van der Waals surface area contributed by atoms with Gasteiger partial charge in [-0.15, -0.1) is 0 Å². The van der Waals surface area contributed by atoms with E-state index in [0.29, 0.717) is 0 Å². The third kappa shape index (κ3) is 6.65. The van der Waals surface area contributed by atoms with Crippen LogP contribution in [0.2, 0.25) is 0 Å². The number of hydrogen-bond donors (Lipinski definition) is 0. The van der Waals surface area contributed by atoms with Crippen LogP contribution in [0.5, 0.6) is 5.75 Å². The van der Waals surface area contributed by atoms with Crippen molar-refractivity contribution in [3.8, 4) is 5.75 Å². The minimum atomic E-state index is -0.102. The summed E-state index contributed by atoms with van der Waals surface area (Å²) in [5, 5.41) is 0. The van der Waals surface area contributed by atoms with E-state index in [4.69, 9.17) is 9.47 Å². The first-order valence-electron chi connectivity index (χ1n) is 8.89. The molecule has 1 fully saturated rings. The molecule has 2 rings (SSSR count). The van der Waals surface area contributed by atoms with Crippen LogP contribution in [-0.2, 0) is 4.74 Å². The van der Waals surface area contributed by atoms with E-state index < -0.39 is 0 Å². The van der Waals surface area contributed by atoms with Crippen molar-refractivity contribution < 1.29 is 9.47 Å². The highest BCUT2D eigenvalue weighted by Crippen LogP contribution is 2.19. The molecule has 1 heterocycles. The van der Waals surface area contributed by atoms with Gasteiger partial charge in [0, 0.05) is 6.42 Å². The topological polar surface area (TPSA) is 18.5 Å². The Hall–Kier alpha value is -1.28. The molecule has 1 aromatic rings. The lowest BCUT2D eigenvalue weighted by atomic mass is 10.1. The summed E-state index contributed by atoms with van der Waals surface area (Å²) in [6.45, 7) is 4.59. The first-order valence-corrected chi connectivity index (χ1v) is 8.89. The SMILES string of the molecule is C=Cc1ccc(OC2CCCCCCCCCCCO2)cc1. The molecule has 0 saturated carbocycles. The third-order valence-corrected chi connectivity index (χ3v) is 4.27. The van der Waals surface area contributed by atoms with Crippen molar-refractivity contribution in [2.24, 2.45) is 0 Å². The summed E-state index contributed by atoms with van der Waals surface area (Å²) in [6.07, 6.45) is 14.5. The Morgan fingerprint density at radius 1 is 0.864 bits per heavy atom. The standard InChI is InChI=1S/C20H30O2/c1-2-18-13-15-19(16-14-18)22-20-12-10-8-6-4-3-5-7-9-11-17-21-20/h2,13-16,20H,1,3-12,17H2. The van der Waals surface area contributed by atoms with Crippen molar-refractivity contribution in [2.45, 2.75) is 70.5 Å². The normalized spacial score (nSPS) is 21.9. The van der Waals surface area contributed by atoms with E-state index in [1.165, 1.54) is 51.4 Å². The van der Waals surface area contributed by atoms with E-state index in [9.17, 15) is 0 Å². The highest BCUT2D eigenvalue weighted by molar-refractivity contribution is 5.48. The summed E-state index contributed by atoms with van der Waals surface area (Å²) >= 11 is 0. The molecule has 1 atom stereocenters. The number of ether oxygens (including phenoxy) is 2. The molecule has 0 N–H and O–H groups in total. The zero-order chi connectivity index (χ0) is 15.5. The number of hydrogen-bond acceptors (Lipinski definition) is 2. The van der Waals surface area contributed by atoms with E-state index >= 15 is 0 Å². The van der Waals surface area contributed by atoms with Crippen LogP contribution in [0.4, 0.5) is 0 Å². The Kier molecular flexibility index (Phi) is 8.11. The molecule has 0 radical (unpaired) electrons. The van der Waals surface area contributed by atoms with E-state index in [-0.39, 0.29) is 6.29 Å². The first kappa shape index (κ1) is 17.1. The molecule has 0 bridgehead atoms. The van der Waals surface area contributed by atoms with Gasteiger partial charge in [-0.05, 0) is 30.5 Å². The van der Waals surface area contributed by atoms with Crippen molar-refractivity contribution in [2.75, 3.05) is 6.61 Å². The summed E-state index contributed by atoms with van der Waals surface area (Å²) in [4.78, 5) is 0. The van der Waals surface area contributed by atoms with E-state index in [1.807, 2.05) is 30.3 Å². The van der Waals surface area contributed by atoms with Gasteiger partial charge in [0.25, 0.3) is 0 Å². The molecule has 22 heavy (non-hydrogen) atoms. The summed E-state index contributed by atoms with van der Waals surface area (Å²) < 4.78 is 12.0. The van der Waals surface area contributed by atoms with Gasteiger partial charge < -0.3 is 9.47 Å². The van der Waals surface area contributed by atoms with Crippen molar-refractivity contribution in [3.63, 3.8) is 0 Å². The van der Waals surface area contributed by atoms with Gasteiger partial charge in [-0.25, -0.2) is 0 Å². The average Bonchev–Trinajstić information content (AvgIpc) is 2.58. The van der Waals surface area contributed by atoms with Crippen molar-refractivity contribution in [1.29, 1.82) is 0 Å². The van der Waals surface area contributed by atoms with Gasteiger partial charge in [-0.3, -0.25) is 0 Å². The van der Waals surface area contributed by atoms with Crippen LogP contribution < -0.4 is 4.74 Å². The van der Waals surface area contributed by atoms with Gasteiger partial charge in [0.05, 0.1) is 6.61 Å². The molecule has 0 spiro atoms. The maximum atomic E-state index is 6.03. The molecule has 122 valence electrons. The molecule has 2 heteroatoms. The van der Waals surface area contributed by atoms with Gasteiger partial charge in [-0.2, -0.15) is 0 Å². The second kappa shape index (κ2) is 10.4. The molecule has 0 amide bonds. The van der Waals surface area contributed by atoms with Crippen LogP contribution in [0.3, 0.4) is 0 Å². The predicted octanol–water partition coefficient (Wildman–Crippen LogP) is 5.97. The Morgan fingerprint density at radius 3 is 2.09 bits per heavy atom. The van der Waals surface area contributed by atoms with Gasteiger partial charge in [0.15, 0.2) is 6.29 Å². The summed E-state index contributed by atoms with van der Waals surface area (Å²) in [5.41, 5.74) is 1.11. The maximum Gasteiger partial charge on any atom is 0.199 e. The van der Waals surface area contributed by atoms with Crippen molar-refractivity contribution in [3.05, 3.63) is 36.4 Å². The third-order valence-electron chi connectivity index (χ3n) is 4.27. The van der Waals surface area contributed by atoms with Crippen LogP contribution in [0.25, 0.3) is 6.08 Å². The van der Waals surface area contributed by atoms with Crippen molar-refractivity contribution >= 4 is 6.08 Å². The van der Waals surface area contributed by atoms with Crippen LogP contribution in [0, 0.1) is 0 Å². The van der Waals surface area contributed by atoms with E-state index in [0.717, 1.165) is 30.8 Å². The fourth-order valence-corrected chi connectivity index (χ4v) is 2.88. The first-order chi connectivity index (χ1) is 10.9. The van der Waals surface area contributed by atoms with Crippen LogP contribution in [0.1, 0.15) is 69.8 Å². The van der Waals surface area contributed by atoms with Gasteiger partial charge in [0.1, 0.15) is 5.75 Å². The molecule has 1 unspecified atom stereocenters. The van der Waals surface area contributed by atoms with Gasteiger partial charge in [0.2, 0.25) is 0 Å². The van der Waals surface area contributed by atoms with Crippen LogP contribution >= 0.6 is 0 Å². The zero-order valence-corrected chi connectivity index (χ0v) is 13.8. The average molecular weight is 302 g/mol. The number of rotatable bonds is 3. The fraction of sp³-hybridized carbons (Fsp3) is 0.600. The summed E-state index contributed by atoms with van der Waals surface area (Å²) in [5.74, 6) is 0.889. The lowest BCUT2D eigenvalue weighted by Gasteiger charge is -2.20. The molecule has 1 aromatic carbocycles. The predicted molar refractivity (Wildman–Crippen MR) is 93.1 cm³/mol. The van der Waals surface area contributed by atoms with Crippen LogP contribution in [0.15, 0.2) is 30.8 Å². The molecule has 1 aliphatic rings. The minimum absolute atomic E-state index is 0.102. The lowest BCUT2D eigenvalue weighted by Crippen LogP contribution is -2.21. The highest BCUT2D eigenvalue weighted by Gasteiger charge is 2.11. The van der Waals surface area contributed by atoms with E-state index in [1.54, 1.807) is 0 Å². The highest BCUT2D eigenvalue weighted by atomic mass is 16.7. The fourth-order valence-electron chi connectivity index (χ4n) is 2.88. The molecule has 1 saturated heterocycles. The van der Waals surface area contributed by atoms with Crippen molar-refractivity contribution in [1.82, 2.24) is 0 Å².